The second kappa shape index (κ2) is 12.4. The summed E-state index contributed by atoms with van der Waals surface area (Å²) in [7, 11) is 0. The zero-order valence-corrected chi connectivity index (χ0v) is 22.7. The lowest BCUT2D eigenvalue weighted by Crippen LogP contribution is -2.45. The predicted octanol–water partition coefficient (Wildman–Crippen LogP) is 6.62. The van der Waals surface area contributed by atoms with Crippen LogP contribution in [0.1, 0.15) is 63.5 Å². The minimum absolute atomic E-state index is 0.00302. The number of piperidine rings is 1. The number of hydrogen-bond donors (Lipinski definition) is 2. The third-order valence-electron chi connectivity index (χ3n) is 7.41. The van der Waals surface area contributed by atoms with Crippen LogP contribution in [-0.2, 0) is 9.53 Å². The lowest BCUT2D eigenvalue weighted by atomic mass is 9.94. The molecule has 40 heavy (non-hydrogen) atoms. The molecule has 2 atom stereocenters. The Morgan fingerprint density at radius 1 is 1.12 bits per heavy atom. The van der Waals surface area contributed by atoms with Crippen LogP contribution in [0.2, 0.25) is 0 Å². The van der Waals surface area contributed by atoms with Gasteiger partial charge in [-0.05, 0) is 69.4 Å². The fourth-order valence-corrected chi connectivity index (χ4v) is 5.24. The Balaban J connectivity index is 1.52. The van der Waals surface area contributed by atoms with Crippen molar-refractivity contribution in [1.29, 1.82) is 5.41 Å². The lowest BCUT2D eigenvalue weighted by molar-refractivity contribution is -0.274. The van der Waals surface area contributed by atoms with Crippen molar-refractivity contribution in [1.82, 2.24) is 0 Å². The average molecular weight is 562 g/mol. The number of nitrogens with two attached hydrogens (primary N) is 1. The van der Waals surface area contributed by atoms with Gasteiger partial charge in [-0.3, -0.25) is 4.79 Å². The Morgan fingerprint density at radius 3 is 2.48 bits per heavy atom. The minimum Gasteiger partial charge on any atom is -0.405 e. The Hall–Kier alpha value is -3.40. The largest absolute Gasteiger partial charge is 0.573 e. The van der Waals surface area contributed by atoms with E-state index in [1.54, 1.807) is 13.0 Å². The molecule has 0 radical (unpaired) electrons. The van der Waals surface area contributed by atoms with Crippen molar-refractivity contribution < 1.29 is 31.8 Å². The fraction of sp³-hybridized carbons (Fsp3) is 0.467. The molecule has 216 valence electrons. The van der Waals surface area contributed by atoms with Crippen LogP contribution in [-0.4, -0.2) is 43.2 Å². The van der Waals surface area contributed by atoms with Crippen molar-refractivity contribution in [3.63, 3.8) is 0 Å². The molecule has 0 aromatic heterocycles. The first-order valence-electron chi connectivity index (χ1n) is 13.6. The van der Waals surface area contributed by atoms with E-state index in [0.29, 0.717) is 32.2 Å². The van der Waals surface area contributed by atoms with E-state index in [1.807, 2.05) is 6.07 Å². The van der Waals surface area contributed by atoms with Gasteiger partial charge < -0.3 is 25.5 Å². The Kier molecular flexibility index (Phi) is 9.18. The number of carbonyl (C=O) groups is 1. The average Bonchev–Trinajstić information content (AvgIpc) is 3.74. The van der Waals surface area contributed by atoms with Crippen LogP contribution in [0, 0.1) is 17.1 Å². The monoisotopic (exact) mass is 561 g/mol. The van der Waals surface area contributed by atoms with E-state index in [1.165, 1.54) is 30.3 Å². The zero-order valence-electron chi connectivity index (χ0n) is 22.7. The summed E-state index contributed by atoms with van der Waals surface area (Å²) in [6, 6.07) is 10.5. The van der Waals surface area contributed by atoms with E-state index in [-0.39, 0.29) is 58.6 Å². The van der Waals surface area contributed by atoms with E-state index in [2.05, 4.69) is 16.6 Å². The van der Waals surface area contributed by atoms with Crippen LogP contribution in [0.25, 0.3) is 5.70 Å². The van der Waals surface area contributed by atoms with Crippen molar-refractivity contribution in [3.05, 3.63) is 65.0 Å². The van der Waals surface area contributed by atoms with Gasteiger partial charge >= 0.3 is 6.36 Å². The smallest absolute Gasteiger partial charge is 0.405 e. The maximum absolute atomic E-state index is 14.6. The van der Waals surface area contributed by atoms with Crippen LogP contribution in [0.5, 0.6) is 5.75 Å². The molecule has 0 spiro atoms. The third-order valence-corrected chi connectivity index (χ3v) is 7.41. The normalized spacial score (nSPS) is 20.2. The van der Waals surface area contributed by atoms with Crippen molar-refractivity contribution in [2.45, 2.75) is 70.9 Å². The fourth-order valence-electron chi connectivity index (χ4n) is 5.24. The zero-order chi connectivity index (χ0) is 29.0. The molecule has 1 heterocycles. The number of Topliss-reactive ketones (excluding diaryl/α,β-unsaturated/α-hetero) is 1. The molecule has 6 nitrogen and oxygen atoms in total. The van der Waals surface area contributed by atoms with Crippen LogP contribution in [0.15, 0.2) is 48.0 Å². The first-order chi connectivity index (χ1) is 19.0. The highest BCUT2D eigenvalue weighted by Crippen LogP contribution is 2.37. The van der Waals surface area contributed by atoms with Gasteiger partial charge in [-0.25, -0.2) is 4.39 Å². The van der Waals surface area contributed by atoms with Gasteiger partial charge in [0, 0.05) is 46.6 Å². The van der Waals surface area contributed by atoms with E-state index < -0.39 is 17.9 Å². The van der Waals surface area contributed by atoms with E-state index in [0.717, 1.165) is 18.5 Å². The first kappa shape index (κ1) is 29.6. The maximum Gasteiger partial charge on any atom is 0.573 e. The van der Waals surface area contributed by atoms with Crippen LogP contribution in [0.4, 0.5) is 23.2 Å². The summed E-state index contributed by atoms with van der Waals surface area (Å²) in [5.41, 5.74) is 7.60. The van der Waals surface area contributed by atoms with Crippen LogP contribution in [0.3, 0.4) is 0 Å². The quantitative estimate of drug-likeness (QED) is 0.183. The van der Waals surface area contributed by atoms with Crippen molar-refractivity contribution in [2.75, 3.05) is 18.1 Å². The molecule has 2 unspecified atom stereocenters. The SMILES string of the molecule is CCCC1CC(OCC(C(=O)C2CC2)=C(N)c2ccccc2OC(F)(F)F)CCN1c1ccc(C(C)=N)c(F)c1. The van der Waals surface area contributed by atoms with Crippen LogP contribution >= 0.6 is 0 Å². The number of carbonyl (C=O) groups excluding carboxylic acids is 1. The summed E-state index contributed by atoms with van der Waals surface area (Å²) in [6.45, 7) is 4.10. The highest BCUT2D eigenvalue weighted by atomic mass is 19.4. The number of nitrogens with one attached hydrogen (secondary N) is 1. The lowest BCUT2D eigenvalue weighted by Gasteiger charge is -2.41. The molecule has 1 saturated carbocycles. The standard InChI is InChI=1S/C30H35F4N3O3/c1-3-6-20-15-22(13-14-37(20)21-11-12-23(18(2)35)26(31)16-21)39-17-25(29(38)19-9-10-19)28(36)24-7-4-5-8-27(24)40-30(32,33)34/h4-5,7-8,11-12,16,19-20,22,35H,3,6,9-10,13-15,17,36H2,1-2H3. The number of anilines is 1. The topological polar surface area (TPSA) is 88.6 Å². The number of hydrogen-bond acceptors (Lipinski definition) is 6. The Labute approximate surface area is 231 Å². The molecular formula is C30H35F4N3O3. The summed E-state index contributed by atoms with van der Waals surface area (Å²) in [5, 5.41) is 7.74. The van der Waals surface area contributed by atoms with Gasteiger partial charge in [-0.15, -0.1) is 13.2 Å². The summed E-state index contributed by atoms with van der Waals surface area (Å²) >= 11 is 0. The second-order valence-corrected chi connectivity index (χ2v) is 10.5. The van der Waals surface area contributed by atoms with Crippen molar-refractivity contribution in [2.24, 2.45) is 11.7 Å². The minimum atomic E-state index is -4.91. The number of rotatable bonds is 11. The Bertz CT molecular complexity index is 1270. The Morgan fingerprint density at radius 2 is 1.85 bits per heavy atom. The van der Waals surface area contributed by atoms with E-state index >= 15 is 0 Å². The van der Waals surface area contributed by atoms with Crippen molar-refractivity contribution in [3.8, 4) is 5.75 Å². The molecule has 1 aliphatic carbocycles. The second-order valence-electron chi connectivity index (χ2n) is 10.5. The molecular weight excluding hydrogens is 526 g/mol. The molecule has 1 saturated heterocycles. The molecule has 2 fully saturated rings. The van der Waals surface area contributed by atoms with Crippen molar-refractivity contribution >= 4 is 22.9 Å². The summed E-state index contributed by atoms with van der Waals surface area (Å²) in [5.74, 6) is -1.32. The molecule has 1 aliphatic heterocycles. The van der Waals surface area contributed by atoms with Crippen LogP contribution < -0.4 is 15.4 Å². The third kappa shape index (κ3) is 7.21. The predicted molar refractivity (Wildman–Crippen MR) is 146 cm³/mol. The van der Waals surface area contributed by atoms with Gasteiger partial charge in [-0.1, -0.05) is 25.5 Å². The molecule has 3 N–H and O–H groups in total. The summed E-state index contributed by atoms with van der Waals surface area (Å²) in [4.78, 5) is 15.3. The number of halogens is 4. The summed E-state index contributed by atoms with van der Waals surface area (Å²) < 4.78 is 64.0. The number of alkyl halides is 3. The highest BCUT2D eigenvalue weighted by Gasteiger charge is 2.36. The molecule has 0 amide bonds. The van der Waals surface area contributed by atoms with E-state index in [9.17, 15) is 22.4 Å². The number of nitrogens with zero attached hydrogens (tertiary/aromatic N) is 1. The molecule has 2 aliphatic rings. The van der Waals surface area contributed by atoms with Gasteiger partial charge in [0.25, 0.3) is 0 Å². The number of ether oxygens (including phenoxy) is 2. The first-order valence-corrected chi connectivity index (χ1v) is 13.6. The molecule has 10 heteroatoms. The molecule has 0 bridgehead atoms. The number of ketones is 1. The number of benzene rings is 2. The van der Waals surface area contributed by atoms with E-state index in [4.69, 9.17) is 15.9 Å². The van der Waals surface area contributed by atoms with Gasteiger partial charge in [0.1, 0.15) is 11.6 Å². The molecule has 2 aromatic carbocycles. The van der Waals surface area contributed by atoms with Gasteiger partial charge in [0.2, 0.25) is 0 Å². The highest BCUT2D eigenvalue weighted by molar-refractivity contribution is 6.05. The summed E-state index contributed by atoms with van der Waals surface area (Å²) in [6.07, 6.45) is -0.691. The maximum atomic E-state index is 14.6. The van der Waals surface area contributed by atoms with Gasteiger partial charge in [0.15, 0.2) is 5.78 Å². The number of para-hydroxylation sites is 1. The molecule has 4 rings (SSSR count). The van der Waals surface area contributed by atoms with Gasteiger partial charge in [-0.2, -0.15) is 0 Å². The molecule has 2 aromatic rings. The van der Waals surface area contributed by atoms with Gasteiger partial charge in [0.05, 0.1) is 18.4 Å².